The van der Waals surface area contributed by atoms with Crippen LogP contribution in [0, 0.1) is 13.8 Å². The molecule has 1 heterocycles. The van der Waals surface area contributed by atoms with E-state index in [-0.39, 0.29) is 6.04 Å². The van der Waals surface area contributed by atoms with Crippen LogP contribution >= 0.6 is 0 Å². The molecule has 24 heavy (non-hydrogen) atoms. The van der Waals surface area contributed by atoms with Crippen LogP contribution in [0.4, 0.5) is 0 Å². The number of nitrogens with zero attached hydrogens (tertiary/aromatic N) is 1. The lowest BCUT2D eigenvalue weighted by Gasteiger charge is -2.34. The van der Waals surface area contributed by atoms with Crippen LogP contribution in [0.1, 0.15) is 35.2 Å². The molecule has 0 bridgehead atoms. The van der Waals surface area contributed by atoms with Crippen molar-refractivity contribution in [2.24, 2.45) is 0 Å². The zero-order valence-corrected chi connectivity index (χ0v) is 15.4. The second kappa shape index (κ2) is 6.22. The van der Waals surface area contributed by atoms with Gasteiger partial charge < -0.3 is 4.74 Å². The average Bonchev–Trinajstić information content (AvgIpc) is 2.54. The highest BCUT2D eigenvalue weighted by Gasteiger charge is 2.34. The SMILES string of the molecule is COc1ccc2c(c1)CCN(S(=O)(=O)c1ccc(C)cc1C)C2C. The van der Waals surface area contributed by atoms with Gasteiger partial charge in [-0.3, -0.25) is 0 Å². The second-order valence-corrected chi connectivity index (χ2v) is 8.23. The maximum atomic E-state index is 13.2. The molecule has 4 nitrogen and oxygen atoms in total. The first-order valence-electron chi connectivity index (χ1n) is 8.10. The fourth-order valence-corrected chi connectivity index (χ4v) is 5.28. The number of ether oxygens (including phenoxy) is 1. The predicted molar refractivity (Wildman–Crippen MR) is 94.9 cm³/mol. The van der Waals surface area contributed by atoms with Crippen LogP contribution in [0.15, 0.2) is 41.3 Å². The smallest absolute Gasteiger partial charge is 0.243 e. The predicted octanol–water partition coefficient (Wildman–Crippen LogP) is 3.62. The highest BCUT2D eigenvalue weighted by molar-refractivity contribution is 7.89. The summed E-state index contributed by atoms with van der Waals surface area (Å²) in [5.74, 6) is 0.812. The van der Waals surface area contributed by atoms with Crippen molar-refractivity contribution >= 4 is 10.0 Å². The number of methoxy groups -OCH3 is 1. The molecule has 0 fully saturated rings. The first-order valence-corrected chi connectivity index (χ1v) is 9.54. The maximum absolute atomic E-state index is 13.2. The van der Waals surface area contributed by atoms with Crippen LogP contribution in [0.3, 0.4) is 0 Å². The Bertz CT molecular complexity index is 874. The summed E-state index contributed by atoms with van der Waals surface area (Å²) in [7, 11) is -1.87. The van der Waals surface area contributed by atoms with Crippen molar-refractivity contribution in [1.29, 1.82) is 0 Å². The number of sulfonamides is 1. The van der Waals surface area contributed by atoms with Gasteiger partial charge in [0.05, 0.1) is 12.0 Å². The summed E-state index contributed by atoms with van der Waals surface area (Å²) in [6, 6.07) is 11.2. The van der Waals surface area contributed by atoms with Crippen LogP contribution in [-0.2, 0) is 16.4 Å². The molecule has 2 aromatic rings. The average molecular weight is 345 g/mol. The van der Waals surface area contributed by atoms with Crippen LogP contribution in [0.5, 0.6) is 5.75 Å². The molecule has 0 aromatic heterocycles. The Morgan fingerprint density at radius 3 is 2.54 bits per heavy atom. The highest BCUT2D eigenvalue weighted by Crippen LogP contribution is 2.36. The zero-order chi connectivity index (χ0) is 17.5. The Hall–Kier alpha value is -1.85. The van der Waals surface area contributed by atoms with E-state index in [1.807, 2.05) is 51.1 Å². The van der Waals surface area contributed by atoms with E-state index < -0.39 is 10.0 Å². The van der Waals surface area contributed by atoms with Crippen molar-refractivity contribution in [3.8, 4) is 5.75 Å². The van der Waals surface area contributed by atoms with Gasteiger partial charge >= 0.3 is 0 Å². The van der Waals surface area contributed by atoms with Crippen molar-refractivity contribution in [3.05, 3.63) is 58.7 Å². The molecular formula is C19H23NO3S. The molecule has 0 spiro atoms. The van der Waals surface area contributed by atoms with Gasteiger partial charge in [-0.05, 0) is 62.1 Å². The molecule has 1 aliphatic rings. The van der Waals surface area contributed by atoms with Crippen molar-refractivity contribution in [2.45, 2.75) is 38.1 Å². The minimum atomic E-state index is -3.51. The number of rotatable bonds is 3. The fraction of sp³-hybridized carbons (Fsp3) is 0.368. The van der Waals surface area contributed by atoms with E-state index in [4.69, 9.17) is 4.74 Å². The quantitative estimate of drug-likeness (QED) is 0.853. The molecule has 0 N–H and O–H groups in total. The molecule has 0 radical (unpaired) electrons. The van der Waals surface area contributed by atoms with E-state index in [0.717, 1.165) is 28.0 Å². The molecule has 3 rings (SSSR count). The molecule has 128 valence electrons. The summed E-state index contributed by atoms with van der Waals surface area (Å²) in [5.41, 5.74) is 4.07. The summed E-state index contributed by atoms with van der Waals surface area (Å²) in [6.07, 6.45) is 0.695. The van der Waals surface area contributed by atoms with Gasteiger partial charge in [-0.15, -0.1) is 0 Å². The molecule has 1 atom stereocenters. The Kier molecular flexibility index (Phi) is 4.40. The van der Waals surface area contributed by atoms with Crippen molar-refractivity contribution < 1.29 is 13.2 Å². The van der Waals surface area contributed by atoms with Crippen molar-refractivity contribution in [2.75, 3.05) is 13.7 Å². The third-order valence-corrected chi connectivity index (χ3v) is 6.88. The second-order valence-electron chi connectivity index (χ2n) is 6.38. The Labute approximate surface area is 144 Å². The van der Waals surface area contributed by atoms with Gasteiger partial charge in [0.15, 0.2) is 0 Å². The van der Waals surface area contributed by atoms with E-state index in [0.29, 0.717) is 17.9 Å². The van der Waals surface area contributed by atoms with Gasteiger partial charge in [-0.1, -0.05) is 23.8 Å². The largest absolute Gasteiger partial charge is 0.497 e. The van der Waals surface area contributed by atoms with Crippen LogP contribution < -0.4 is 4.74 Å². The molecule has 0 amide bonds. The first-order chi connectivity index (χ1) is 11.3. The Morgan fingerprint density at radius 2 is 1.88 bits per heavy atom. The van der Waals surface area contributed by atoms with Crippen LogP contribution in [-0.4, -0.2) is 26.4 Å². The number of hydrogen-bond acceptors (Lipinski definition) is 3. The number of hydrogen-bond donors (Lipinski definition) is 0. The summed E-state index contributed by atoms with van der Waals surface area (Å²) >= 11 is 0. The van der Waals surface area contributed by atoms with Crippen molar-refractivity contribution in [1.82, 2.24) is 4.31 Å². The lowest BCUT2D eigenvalue weighted by atomic mass is 9.95. The third-order valence-electron chi connectivity index (χ3n) is 4.75. The Balaban J connectivity index is 2.00. The molecule has 2 aromatic carbocycles. The topological polar surface area (TPSA) is 46.6 Å². The molecule has 0 saturated carbocycles. The van der Waals surface area contributed by atoms with Gasteiger partial charge in [0.1, 0.15) is 5.75 Å². The maximum Gasteiger partial charge on any atom is 0.243 e. The monoisotopic (exact) mass is 345 g/mol. The van der Waals surface area contributed by atoms with Crippen molar-refractivity contribution in [3.63, 3.8) is 0 Å². The number of benzene rings is 2. The van der Waals surface area contributed by atoms with Gasteiger partial charge in [0, 0.05) is 12.6 Å². The van der Waals surface area contributed by atoms with Gasteiger partial charge in [-0.25, -0.2) is 8.42 Å². The van der Waals surface area contributed by atoms with E-state index in [1.54, 1.807) is 17.5 Å². The van der Waals surface area contributed by atoms with E-state index in [1.165, 1.54) is 0 Å². The van der Waals surface area contributed by atoms with E-state index >= 15 is 0 Å². The summed E-state index contributed by atoms with van der Waals surface area (Å²) < 4.78 is 33.2. The first kappa shape index (κ1) is 17.0. The molecule has 1 unspecified atom stereocenters. The van der Waals surface area contributed by atoms with Crippen LogP contribution in [0.25, 0.3) is 0 Å². The molecule has 0 aliphatic carbocycles. The minimum absolute atomic E-state index is 0.189. The normalized spacial score (nSPS) is 18.2. The minimum Gasteiger partial charge on any atom is -0.497 e. The Morgan fingerprint density at radius 1 is 1.12 bits per heavy atom. The number of fused-ring (bicyclic) bond motifs is 1. The molecule has 5 heteroatoms. The zero-order valence-electron chi connectivity index (χ0n) is 14.5. The molecule has 1 aliphatic heterocycles. The standard InChI is InChI=1S/C19H23NO3S/c1-13-5-8-19(14(2)11-13)24(21,22)20-10-9-16-12-17(23-4)6-7-18(16)15(20)3/h5-8,11-12,15H,9-10H2,1-4H3. The summed E-state index contributed by atoms with van der Waals surface area (Å²) in [4.78, 5) is 0.400. The van der Waals surface area contributed by atoms with Gasteiger partial charge in [0.25, 0.3) is 0 Å². The van der Waals surface area contributed by atoms with E-state index in [2.05, 4.69) is 0 Å². The lowest BCUT2D eigenvalue weighted by molar-refractivity contribution is 0.325. The van der Waals surface area contributed by atoms with Gasteiger partial charge in [-0.2, -0.15) is 4.31 Å². The van der Waals surface area contributed by atoms with Gasteiger partial charge in [0.2, 0.25) is 10.0 Å². The van der Waals surface area contributed by atoms with E-state index in [9.17, 15) is 8.42 Å². The molecule has 0 saturated heterocycles. The summed E-state index contributed by atoms with van der Waals surface area (Å²) in [5, 5.41) is 0. The fourth-order valence-electron chi connectivity index (χ4n) is 3.46. The number of aryl methyl sites for hydroxylation is 2. The third kappa shape index (κ3) is 2.82. The highest BCUT2D eigenvalue weighted by atomic mass is 32.2. The summed E-state index contributed by atoms with van der Waals surface area (Å²) in [6.45, 7) is 6.26. The molecular weight excluding hydrogens is 322 g/mol. The van der Waals surface area contributed by atoms with Crippen LogP contribution in [0.2, 0.25) is 0 Å². The lowest BCUT2D eigenvalue weighted by Crippen LogP contribution is -2.39.